The van der Waals surface area contributed by atoms with E-state index in [2.05, 4.69) is 32.6 Å². The molecule has 4 rings (SSSR count). The van der Waals surface area contributed by atoms with E-state index in [4.69, 9.17) is 9.47 Å². The highest BCUT2D eigenvalue weighted by Crippen LogP contribution is 2.54. The highest BCUT2D eigenvalue weighted by atomic mass is 16.5. The Morgan fingerprint density at radius 3 is 1.97 bits per heavy atom. The number of hydrogen-bond donors (Lipinski definition) is 0. The first-order valence-electron chi connectivity index (χ1n) is 11.5. The molecule has 5 heteroatoms. The summed E-state index contributed by atoms with van der Waals surface area (Å²) in [4.78, 5) is 29.5. The number of benzene rings is 1. The number of carbonyl (C=O) groups excluding carboxylic acids is 2. The molecule has 0 saturated carbocycles. The lowest BCUT2D eigenvalue weighted by molar-refractivity contribution is -0.119. The zero-order valence-electron chi connectivity index (χ0n) is 20.2. The average Bonchev–Trinajstić information content (AvgIpc) is 2.70. The van der Waals surface area contributed by atoms with Crippen molar-refractivity contribution in [3.63, 3.8) is 0 Å². The van der Waals surface area contributed by atoms with Gasteiger partial charge in [0.15, 0.2) is 11.6 Å². The lowest BCUT2D eigenvalue weighted by Crippen LogP contribution is -2.45. The summed E-state index contributed by atoms with van der Waals surface area (Å²) in [6, 6.07) is 7.85. The van der Waals surface area contributed by atoms with E-state index < -0.39 is 0 Å². The van der Waals surface area contributed by atoms with Crippen LogP contribution in [-0.2, 0) is 14.3 Å². The van der Waals surface area contributed by atoms with Gasteiger partial charge in [-0.3, -0.25) is 9.59 Å². The second-order valence-electron chi connectivity index (χ2n) is 11.0. The standard InChI is InChI=1S/C27H35NO4/c1-26(2)13-19-24(21(29)15-26)23(17-8-7-9-18(12-17)32-6)25-20(28(19)10-11-31-5)14-27(3,4)16-22(25)30/h7-9,12,23H,10-11,13-16H2,1-6H3. The Labute approximate surface area is 191 Å². The number of ether oxygens (including phenoxy) is 2. The summed E-state index contributed by atoms with van der Waals surface area (Å²) in [7, 11) is 3.34. The van der Waals surface area contributed by atoms with Gasteiger partial charge in [0, 0.05) is 55.0 Å². The Bertz CT molecular complexity index is 960. The monoisotopic (exact) mass is 437 g/mol. The van der Waals surface area contributed by atoms with E-state index >= 15 is 0 Å². The van der Waals surface area contributed by atoms with Crippen LogP contribution in [0, 0.1) is 10.8 Å². The highest BCUT2D eigenvalue weighted by Gasteiger charge is 2.48. The molecule has 0 atom stereocenters. The van der Waals surface area contributed by atoms with Crippen LogP contribution < -0.4 is 4.74 Å². The number of methoxy groups -OCH3 is 2. The summed E-state index contributed by atoms with van der Waals surface area (Å²) in [5.41, 5.74) is 4.44. The van der Waals surface area contributed by atoms with Crippen molar-refractivity contribution in [2.45, 2.75) is 59.3 Å². The van der Waals surface area contributed by atoms with Crippen LogP contribution in [0.5, 0.6) is 5.75 Å². The Balaban J connectivity index is 1.98. The normalized spacial score (nSPS) is 22.8. The van der Waals surface area contributed by atoms with Crippen LogP contribution in [0.2, 0.25) is 0 Å². The molecule has 2 aliphatic carbocycles. The predicted octanol–water partition coefficient (Wildman–Crippen LogP) is 5.03. The molecule has 5 nitrogen and oxygen atoms in total. The van der Waals surface area contributed by atoms with Crippen molar-refractivity contribution in [1.29, 1.82) is 0 Å². The van der Waals surface area contributed by atoms with E-state index in [1.165, 1.54) is 0 Å². The predicted molar refractivity (Wildman–Crippen MR) is 124 cm³/mol. The van der Waals surface area contributed by atoms with Crippen molar-refractivity contribution in [2.24, 2.45) is 10.8 Å². The molecule has 0 aromatic heterocycles. The molecule has 0 fully saturated rings. The van der Waals surface area contributed by atoms with Gasteiger partial charge in [0.05, 0.1) is 13.7 Å². The number of ketones is 2. The molecule has 0 unspecified atom stereocenters. The van der Waals surface area contributed by atoms with Crippen LogP contribution in [0.15, 0.2) is 46.8 Å². The topological polar surface area (TPSA) is 55.8 Å². The van der Waals surface area contributed by atoms with Gasteiger partial charge in [-0.15, -0.1) is 0 Å². The first-order valence-corrected chi connectivity index (χ1v) is 11.5. The quantitative estimate of drug-likeness (QED) is 0.647. The molecule has 3 aliphatic rings. The lowest BCUT2D eigenvalue weighted by atomic mass is 9.63. The Morgan fingerprint density at radius 2 is 1.47 bits per heavy atom. The first-order chi connectivity index (χ1) is 15.1. The number of rotatable bonds is 5. The van der Waals surface area contributed by atoms with Gasteiger partial charge >= 0.3 is 0 Å². The Hall–Kier alpha value is -2.40. The lowest BCUT2D eigenvalue weighted by Gasteiger charge is -2.49. The molecule has 0 amide bonds. The molecule has 1 aliphatic heterocycles. The van der Waals surface area contributed by atoms with E-state index in [1.54, 1.807) is 14.2 Å². The summed E-state index contributed by atoms with van der Waals surface area (Å²) in [6.07, 6.45) is 2.60. The molecule has 1 aromatic rings. The van der Waals surface area contributed by atoms with Crippen LogP contribution in [-0.4, -0.2) is 43.8 Å². The molecule has 1 aromatic carbocycles. The molecular formula is C27H35NO4. The summed E-state index contributed by atoms with van der Waals surface area (Å²) in [6.45, 7) is 9.81. The van der Waals surface area contributed by atoms with E-state index in [0.717, 1.165) is 46.7 Å². The van der Waals surface area contributed by atoms with Crippen molar-refractivity contribution in [3.05, 3.63) is 52.4 Å². The fourth-order valence-corrected chi connectivity index (χ4v) is 5.65. The van der Waals surface area contributed by atoms with Gasteiger partial charge in [-0.05, 0) is 41.4 Å². The van der Waals surface area contributed by atoms with Crippen LogP contribution in [0.4, 0.5) is 0 Å². The first kappa shape index (κ1) is 22.8. The van der Waals surface area contributed by atoms with E-state index in [-0.39, 0.29) is 28.3 Å². The minimum absolute atomic E-state index is 0.119. The van der Waals surface area contributed by atoms with Gasteiger partial charge in [-0.2, -0.15) is 0 Å². The number of hydrogen-bond acceptors (Lipinski definition) is 5. The third-order valence-corrected chi connectivity index (χ3v) is 6.97. The van der Waals surface area contributed by atoms with Crippen LogP contribution in [0.1, 0.15) is 64.9 Å². The largest absolute Gasteiger partial charge is 0.497 e. The van der Waals surface area contributed by atoms with E-state index in [1.807, 2.05) is 24.3 Å². The molecule has 0 radical (unpaired) electrons. The molecule has 0 spiro atoms. The van der Waals surface area contributed by atoms with Gasteiger partial charge in [-0.1, -0.05) is 39.8 Å². The van der Waals surface area contributed by atoms with Crippen LogP contribution >= 0.6 is 0 Å². The minimum atomic E-state index is -0.332. The second kappa shape index (κ2) is 8.18. The van der Waals surface area contributed by atoms with Gasteiger partial charge in [-0.25, -0.2) is 0 Å². The van der Waals surface area contributed by atoms with Crippen molar-refractivity contribution in [3.8, 4) is 5.75 Å². The van der Waals surface area contributed by atoms with Gasteiger partial charge < -0.3 is 14.4 Å². The van der Waals surface area contributed by atoms with Gasteiger partial charge in [0.25, 0.3) is 0 Å². The fourth-order valence-electron chi connectivity index (χ4n) is 5.65. The molecule has 0 saturated heterocycles. The number of nitrogens with zero attached hydrogens (tertiary/aromatic N) is 1. The van der Waals surface area contributed by atoms with Crippen LogP contribution in [0.3, 0.4) is 0 Å². The van der Waals surface area contributed by atoms with Crippen LogP contribution in [0.25, 0.3) is 0 Å². The maximum atomic E-state index is 13.6. The Morgan fingerprint density at radius 1 is 0.906 bits per heavy atom. The van der Waals surface area contributed by atoms with Crippen molar-refractivity contribution < 1.29 is 19.1 Å². The van der Waals surface area contributed by atoms with Crippen molar-refractivity contribution in [1.82, 2.24) is 4.90 Å². The van der Waals surface area contributed by atoms with Gasteiger partial charge in [0.2, 0.25) is 0 Å². The summed E-state index contributed by atoms with van der Waals surface area (Å²) in [5, 5.41) is 0. The fraction of sp³-hybridized carbons (Fsp3) is 0.556. The third kappa shape index (κ3) is 4.03. The molecule has 0 bridgehead atoms. The minimum Gasteiger partial charge on any atom is -0.497 e. The third-order valence-electron chi connectivity index (χ3n) is 6.97. The number of Topliss-reactive ketones (excluding diaryl/α,β-unsaturated/α-hetero) is 2. The second-order valence-corrected chi connectivity index (χ2v) is 11.0. The van der Waals surface area contributed by atoms with E-state index in [9.17, 15) is 9.59 Å². The molecule has 172 valence electrons. The zero-order chi connectivity index (χ0) is 23.3. The van der Waals surface area contributed by atoms with E-state index in [0.29, 0.717) is 26.0 Å². The Kier molecular flexibility index (Phi) is 5.83. The molecule has 32 heavy (non-hydrogen) atoms. The molecule has 1 heterocycles. The SMILES string of the molecule is COCCN1C2=C(C(=O)CC(C)(C)C2)C(c2cccc(OC)c2)C2=C1CC(C)(C)CC2=O. The summed E-state index contributed by atoms with van der Waals surface area (Å²) < 4.78 is 10.9. The molecular weight excluding hydrogens is 402 g/mol. The van der Waals surface area contributed by atoms with Crippen molar-refractivity contribution >= 4 is 11.6 Å². The van der Waals surface area contributed by atoms with Crippen molar-refractivity contribution in [2.75, 3.05) is 27.4 Å². The maximum absolute atomic E-state index is 13.6. The average molecular weight is 438 g/mol. The highest BCUT2D eigenvalue weighted by molar-refractivity contribution is 6.06. The van der Waals surface area contributed by atoms with Gasteiger partial charge in [0.1, 0.15) is 5.75 Å². The summed E-state index contributed by atoms with van der Waals surface area (Å²) >= 11 is 0. The smallest absolute Gasteiger partial charge is 0.162 e. The number of allylic oxidation sites excluding steroid dienone is 4. The summed E-state index contributed by atoms with van der Waals surface area (Å²) in [5.74, 6) is 0.702. The maximum Gasteiger partial charge on any atom is 0.162 e. The number of carbonyl (C=O) groups is 2. The molecule has 0 N–H and O–H groups in total. The zero-order valence-corrected chi connectivity index (χ0v) is 20.2.